The number of rotatable bonds is 5. The monoisotopic (exact) mass is 420 g/mol. The zero-order valence-corrected chi connectivity index (χ0v) is 16.7. The zero-order valence-electron chi connectivity index (χ0n) is 16.7. The van der Waals surface area contributed by atoms with Crippen LogP contribution < -0.4 is 4.90 Å². The Hall–Kier alpha value is -3.03. The number of hydrogen-bond donors (Lipinski definition) is 1. The molecule has 1 heterocycles. The Morgan fingerprint density at radius 1 is 1.10 bits per heavy atom. The highest BCUT2D eigenvalue weighted by atomic mass is 19.4. The van der Waals surface area contributed by atoms with Crippen molar-refractivity contribution in [3.8, 4) is 0 Å². The molecule has 2 atom stereocenters. The molecule has 3 rings (SSSR count). The summed E-state index contributed by atoms with van der Waals surface area (Å²) < 4.78 is 38.6. The maximum Gasteiger partial charge on any atom is 0.416 e. The molecule has 0 aliphatic carbocycles. The lowest BCUT2D eigenvalue weighted by atomic mass is 9.95. The minimum absolute atomic E-state index is 0.0748. The van der Waals surface area contributed by atoms with Gasteiger partial charge in [-0.2, -0.15) is 13.2 Å². The Morgan fingerprint density at radius 3 is 2.20 bits per heavy atom. The van der Waals surface area contributed by atoms with Crippen LogP contribution in [0.1, 0.15) is 40.7 Å². The maximum absolute atomic E-state index is 12.9. The van der Waals surface area contributed by atoms with Crippen LogP contribution in [0.3, 0.4) is 0 Å². The van der Waals surface area contributed by atoms with Crippen LogP contribution in [0.5, 0.6) is 0 Å². The van der Waals surface area contributed by atoms with Crippen LogP contribution in [-0.2, 0) is 11.0 Å². The Kier molecular flexibility index (Phi) is 6.05. The van der Waals surface area contributed by atoms with Gasteiger partial charge in [-0.3, -0.25) is 4.79 Å². The molecule has 1 fully saturated rings. The molecule has 0 radical (unpaired) electrons. The van der Waals surface area contributed by atoms with Gasteiger partial charge in [-0.05, 0) is 55.3 Å². The summed E-state index contributed by atoms with van der Waals surface area (Å²) in [4.78, 5) is 27.6. The maximum atomic E-state index is 12.9. The highest BCUT2D eigenvalue weighted by Gasteiger charge is 2.39. The van der Waals surface area contributed by atoms with Crippen LogP contribution in [-0.4, -0.2) is 48.1 Å². The summed E-state index contributed by atoms with van der Waals surface area (Å²) in [5, 5.41) is 9.10. The summed E-state index contributed by atoms with van der Waals surface area (Å²) >= 11 is 0. The van der Waals surface area contributed by atoms with E-state index in [1.165, 1.54) is 24.3 Å². The molecule has 160 valence electrons. The highest BCUT2D eigenvalue weighted by Crippen LogP contribution is 2.37. The lowest BCUT2D eigenvalue weighted by Crippen LogP contribution is -2.44. The van der Waals surface area contributed by atoms with E-state index >= 15 is 0 Å². The van der Waals surface area contributed by atoms with Gasteiger partial charge in [0.2, 0.25) is 5.91 Å². The first-order chi connectivity index (χ1) is 14.1. The van der Waals surface area contributed by atoms with Crippen LogP contribution in [0.15, 0.2) is 48.5 Å². The van der Waals surface area contributed by atoms with Gasteiger partial charge in [-0.25, -0.2) is 4.79 Å². The standard InChI is InChI=1S/C22H23F3N2O3/c1-3-26(2)20(28)19-12-16(14-4-8-17(9-5-14)22(23,24)25)13-27(19)18-10-6-15(7-11-18)21(29)30/h4-11,16,19H,3,12-13H2,1-2H3,(H,29,30)/t16?,19-/m0/s1. The predicted octanol–water partition coefficient (Wildman–Crippen LogP) is 4.24. The average Bonchev–Trinajstić information content (AvgIpc) is 3.17. The van der Waals surface area contributed by atoms with E-state index in [0.29, 0.717) is 25.2 Å². The van der Waals surface area contributed by atoms with E-state index in [9.17, 15) is 22.8 Å². The Labute approximate surface area is 172 Å². The molecule has 0 bridgehead atoms. The third-order valence-corrected chi connectivity index (χ3v) is 5.59. The molecule has 1 aliphatic heterocycles. The van der Waals surface area contributed by atoms with Crippen molar-refractivity contribution < 1.29 is 27.9 Å². The van der Waals surface area contributed by atoms with E-state index in [-0.39, 0.29) is 17.4 Å². The van der Waals surface area contributed by atoms with E-state index < -0.39 is 23.8 Å². The highest BCUT2D eigenvalue weighted by molar-refractivity contribution is 5.89. The Balaban J connectivity index is 1.90. The van der Waals surface area contributed by atoms with Crippen molar-refractivity contribution in [2.24, 2.45) is 0 Å². The number of aromatic carboxylic acids is 1. The molecule has 8 heteroatoms. The van der Waals surface area contributed by atoms with Gasteiger partial charge in [0, 0.05) is 31.7 Å². The number of halogens is 3. The molecule has 1 saturated heterocycles. The number of carbonyl (C=O) groups is 2. The van der Waals surface area contributed by atoms with Crippen LogP contribution in [0.2, 0.25) is 0 Å². The van der Waals surface area contributed by atoms with Gasteiger partial charge in [0.25, 0.3) is 0 Å². The summed E-state index contributed by atoms with van der Waals surface area (Å²) in [6.07, 6.45) is -3.93. The minimum atomic E-state index is -4.39. The van der Waals surface area contributed by atoms with Gasteiger partial charge in [-0.1, -0.05) is 12.1 Å². The van der Waals surface area contributed by atoms with Crippen molar-refractivity contribution in [1.82, 2.24) is 4.90 Å². The second-order valence-corrected chi connectivity index (χ2v) is 7.42. The van der Waals surface area contributed by atoms with Crippen molar-refractivity contribution in [2.75, 3.05) is 25.0 Å². The van der Waals surface area contributed by atoms with Gasteiger partial charge in [0.15, 0.2) is 0 Å². The lowest BCUT2D eigenvalue weighted by molar-refractivity contribution is -0.137. The van der Waals surface area contributed by atoms with Gasteiger partial charge < -0.3 is 14.9 Å². The average molecular weight is 420 g/mol. The molecule has 1 aliphatic rings. The molecule has 0 spiro atoms. The van der Waals surface area contributed by atoms with Crippen molar-refractivity contribution in [3.05, 3.63) is 65.2 Å². The predicted molar refractivity (Wildman–Crippen MR) is 107 cm³/mol. The van der Waals surface area contributed by atoms with Crippen molar-refractivity contribution in [3.63, 3.8) is 0 Å². The molecular formula is C22H23F3N2O3. The third-order valence-electron chi connectivity index (χ3n) is 5.59. The van der Waals surface area contributed by atoms with Crippen LogP contribution in [0.4, 0.5) is 18.9 Å². The van der Waals surface area contributed by atoms with Crippen molar-refractivity contribution >= 4 is 17.6 Å². The minimum Gasteiger partial charge on any atom is -0.478 e. The smallest absolute Gasteiger partial charge is 0.416 e. The van der Waals surface area contributed by atoms with E-state index in [2.05, 4.69) is 0 Å². The fourth-order valence-electron chi connectivity index (χ4n) is 3.75. The second-order valence-electron chi connectivity index (χ2n) is 7.42. The summed E-state index contributed by atoms with van der Waals surface area (Å²) in [6, 6.07) is 10.9. The Morgan fingerprint density at radius 2 is 1.70 bits per heavy atom. The van der Waals surface area contributed by atoms with E-state index in [1.807, 2.05) is 11.8 Å². The molecule has 1 N–H and O–H groups in total. The van der Waals surface area contributed by atoms with Gasteiger partial charge in [0.1, 0.15) is 6.04 Å². The SMILES string of the molecule is CCN(C)C(=O)[C@@H]1CC(c2ccc(C(F)(F)F)cc2)CN1c1ccc(C(=O)O)cc1. The van der Waals surface area contributed by atoms with E-state index in [1.54, 1.807) is 24.1 Å². The van der Waals surface area contributed by atoms with Crippen LogP contribution in [0.25, 0.3) is 0 Å². The quantitative estimate of drug-likeness (QED) is 0.786. The van der Waals surface area contributed by atoms with Gasteiger partial charge in [-0.15, -0.1) is 0 Å². The molecule has 30 heavy (non-hydrogen) atoms. The van der Waals surface area contributed by atoms with Crippen molar-refractivity contribution in [2.45, 2.75) is 31.5 Å². The first kappa shape index (κ1) is 21.7. The Bertz CT molecular complexity index is 911. The molecular weight excluding hydrogens is 397 g/mol. The summed E-state index contributed by atoms with van der Waals surface area (Å²) in [6.45, 7) is 2.85. The number of hydrogen-bond acceptors (Lipinski definition) is 3. The summed E-state index contributed by atoms with van der Waals surface area (Å²) in [5.74, 6) is -1.23. The largest absolute Gasteiger partial charge is 0.478 e. The topological polar surface area (TPSA) is 60.9 Å². The molecule has 2 aromatic rings. The first-order valence-corrected chi connectivity index (χ1v) is 9.64. The van der Waals surface area contributed by atoms with Gasteiger partial charge >= 0.3 is 12.1 Å². The van der Waals surface area contributed by atoms with E-state index in [0.717, 1.165) is 17.7 Å². The number of alkyl halides is 3. The fourth-order valence-corrected chi connectivity index (χ4v) is 3.75. The zero-order chi connectivity index (χ0) is 22.1. The summed E-state index contributed by atoms with van der Waals surface area (Å²) in [7, 11) is 1.71. The molecule has 0 aromatic heterocycles. The third kappa shape index (κ3) is 4.42. The van der Waals surface area contributed by atoms with Crippen LogP contribution >= 0.6 is 0 Å². The number of amides is 1. The number of nitrogens with zero attached hydrogens (tertiary/aromatic N) is 2. The van der Waals surface area contributed by atoms with Crippen molar-refractivity contribution in [1.29, 1.82) is 0 Å². The molecule has 5 nitrogen and oxygen atoms in total. The molecule has 1 amide bonds. The number of carboxylic acid groups (broad SMARTS) is 1. The number of benzene rings is 2. The molecule has 0 saturated carbocycles. The second kappa shape index (κ2) is 8.38. The number of carbonyl (C=O) groups excluding carboxylic acids is 1. The molecule has 1 unspecified atom stereocenters. The fraction of sp³-hybridized carbons (Fsp3) is 0.364. The molecule has 2 aromatic carbocycles. The van der Waals surface area contributed by atoms with E-state index in [4.69, 9.17) is 5.11 Å². The first-order valence-electron chi connectivity index (χ1n) is 9.64. The van der Waals surface area contributed by atoms with Gasteiger partial charge in [0.05, 0.1) is 11.1 Å². The number of likely N-dealkylation sites (N-methyl/N-ethyl adjacent to an activating group) is 1. The lowest BCUT2D eigenvalue weighted by Gasteiger charge is -2.29. The normalized spacial score (nSPS) is 19.0. The summed E-state index contributed by atoms with van der Waals surface area (Å²) in [5.41, 5.74) is 0.886. The number of carboxylic acids is 1. The van der Waals surface area contributed by atoms with Crippen LogP contribution in [0, 0.1) is 0 Å². The number of anilines is 1.